The highest BCUT2D eigenvalue weighted by Gasteiger charge is 2.31. The van der Waals surface area contributed by atoms with Gasteiger partial charge < -0.3 is 10.2 Å². The number of hydrogen-bond acceptors (Lipinski definition) is 4. The van der Waals surface area contributed by atoms with Crippen LogP contribution in [0.5, 0.6) is 0 Å². The molecule has 2 rings (SSSR count). The van der Waals surface area contributed by atoms with E-state index in [4.69, 9.17) is 11.6 Å². The molecule has 0 bridgehead atoms. The molecule has 186 valence electrons. The molecule has 0 aromatic heterocycles. The van der Waals surface area contributed by atoms with Crippen molar-refractivity contribution in [2.45, 2.75) is 52.7 Å². The van der Waals surface area contributed by atoms with Crippen molar-refractivity contribution >= 4 is 39.1 Å². The Morgan fingerprint density at radius 1 is 1.15 bits per heavy atom. The standard InChI is InChI=1S/C24H31ClFN3O4S/c1-16-9-7-8-10-18(16)14-28(17(2)23(31)27-24(3,4)5)22(30)15-29(34(6,32)33)19-11-12-21(26)20(25)13-19/h7-13,17H,14-15H2,1-6H3,(H,27,31)/t17-/m1/s1. The van der Waals surface area contributed by atoms with Crippen molar-refractivity contribution in [1.82, 2.24) is 10.2 Å². The van der Waals surface area contributed by atoms with Crippen LogP contribution in [-0.4, -0.2) is 49.5 Å². The van der Waals surface area contributed by atoms with Crippen molar-refractivity contribution in [2.24, 2.45) is 0 Å². The Kier molecular flexibility index (Phi) is 8.71. The third kappa shape index (κ3) is 7.43. The van der Waals surface area contributed by atoms with Gasteiger partial charge in [-0.2, -0.15) is 0 Å². The summed E-state index contributed by atoms with van der Waals surface area (Å²) >= 11 is 5.84. The SMILES string of the molecule is Cc1ccccc1CN(C(=O)CN(c1ccc(F)c(Cl)c1)S(C)(=O)=O)[C@H](C)C(=O)NC(C)(C)C. The van der Waals surface area contributed by atoms with E-state index in [1.165, 1.54) is 11.0 Å². The highest BCUT2D eigenvalue weighted by atomic mass is 35.5. The summed E-state index contributed by atoms with van der Waals surface area (Å²) in [6, 6.07) is 9.95. The van der Waals surface area contributed by atoms with E-state index in [0.717, 1.165) is 33.8 Å². The lowest BCUT2D eigenvalue weighted by molar-refractivity contribution is -0.140. The zero-order chi connectivity index (χ0) is 25.8. The maximum Gasteiger partial charge on any atom is 0.244 e. The van der Waals surface area contributed by atoms with Crippen LogP contribution in [-0.2, 0) is 26.2 Å². The third-order valence-corrected chi connectivity index (χ3v) is 6.57. The van der Waals surface area contributed by atoms with Gasteiger partial charge in [0, 0.05) is 12.1 Å². The van der Waals surface area contributed by atoms with Crippen molar-refractivity contribution in [3.63, 3.8) is 0 Å². The van der Waals surface area contributed by atoms with E-state index in [1.807, 2.05) is 52.0 Å². The van der Waals surface area contributed by atoms with Crippen LogP contribution in [0.15, 0.2) is 42.5 Å². The number of hydrogen-bond donors (Lipinski definition) is 1. The minimum Gasteiger partial charge on any atom is -0.350 e. The summed E-state index contributed by atoms with van der Waals surface area (Å²) in [5, 5.41) is 2.59. The first-order valence-electron chi connectivity index (χ1n) is 10.7. The zero-order valence-electron chi connectivity index (χ0n) is 20.2. The lowest BCUT2D eigenvalue weighted by Gasteiger charge is -2.33. The van der Waals surface area contributed by atoms with Crippen molar-refractivity contribution in [3.8, 4) is 0 Å². The van der Waals surface area contributed by atoms with E-state index in [2.05, 4.69) is 5.32 Å². The van der Waals surface area contributed by atoms with Gasteiger partial charge in [-0.25, -0.2) is 12.8 Å². The molecule has 1 atom stereocenters. The fourth-order valence-corrected chi connectivity index (χ4v) is 4.30. The van der Waals surface area contributed by atoms with Gasteiger partial charge in [0.1, 0.15) is 18.4 Å². The van der Waals surface area contributed by atoms with Crippen molar-refractivity contribution in [3.05, 3.63) is 64.4 Å². The van der Waals surface area contributed by atoms with E-state index in [1.54, 1.807) is 6.92 Å². The molecule has 0 aliphatic rings. The Morgan fingerprint density at radius 3 is 2.29 bits per heavy atom. The molecule has 0 radical (unpaired) electrons. The highest BCUT2D eigenvalue weighted by molar-refractivity contribution is 7.92. The van der Waals surface area contributed by atoms with Gasteiger partial charge in [-0.15, -0.1) is 0 Å². The molecule has 10 heteroatoms. The number of carbonyl (C=O) groups excluding carboxylic acids is 2. The van der Waals surface area contributed by atoms with Gasteiger partial charge in [-0.1, -0.05) is 35.9 Å². The number of aryl methyl sites for hydroxylation is 1. The predicted octanol–water partition coefficient (Wildman–Crippen LogP) is 3.89. The molecule has 0 aliphatic carbocycles. The molecule has 34 heavy (non-hydrogen) atoms. The molecule has 2 amide bonds. The summed E-state index contributed by atoms with van der Waals surface area (Å²) in [5.41, 5.74) is 1.27. The molecule has 0 saturated carbocycles. The number of amides is 2. The van der Waals surface area contributed by atoms with Crippen LogP contribution in [0.25, 0.3) is 0 Å². The maximum absolute atomic E-state index is 13.6. The number of halogens is 2. The normalized spacial score (nSPS) is 12.7. The number of benzene rings is 2. The molecular formula is C24H31ClFN3O4S. The summed E-state index contributed by atoms with van der Waals surface area (Å²) in [7, 11) is -3.93. The summed E-state index contributed by atoms with van der Waals surface area (Å²) < 4.78 is 39.5. The van der Waals surface area contributed by atoms with Gasteiger partial charge in [0.15, 0.2) is 0 Å². The van der Waals surface area contributed by atoms with Crippen molar-refractivity contribution in [1.29, 1.82) is 0 Å². The molecule has 0 saturated heterocycles. The average molecular weight is 512 g/mol. The zero-order valence-corrected chi connectivity index (χ0v) is 21.8. The van der Waals surface area contributed by atoms with Gasteiger partial charge in [0.25, 0.3) is 0 Å². The number of carbonyl (C=O) groups is 2. The smallest absolute Gasteiger partial charge is 0.244 e. The summed E-state index contributed by atoms with van der Waals surface area (Å²) in [6.07, 6.45) is 0.943. The van der Waals surface area contributed by atoms with Crippen LogP contribution in [0, 0.1) is 12.7 Å². The molecule has 0 heterocycles. The Bertz CT molecular complexity index is 1170. The molecule has 0 unspecified atom stereocenters. The lowest BCUT2D eigenvalue weighted by Crippen LogP contribution is -2.54. The van der Waals surface area contributed by atoms with Crippen LogP contribution in [0.3, 0.4) is 0 Å². The second kappa shape index (κ2) is 10.7. The maximum atomic E-state index is 13.6. The van der Waals surface area contributed by atoms with E-state index in [0.29, 0.717) is 0 Å². The predicted molar refractivity (Wildman–Crippen MR) is 133 cm³/mol. The highest BCUT2D eigenvalue weighted by Crippen LogP contribution is 2.25. The van der Waals surface area contributed by atoms with Crippen molar-refractivity contribution < 1.29 is 22.4 Å². The number of nitrogens with zero attached hydrogens (tertiary/aromatic N) is 2. The monoisotopic (exact) mass is 511 g/mol. The number of anilines is 1. The van der Waals surface area contributed by atoms with Crippen molar-refractivity contribution in [2.75, 3.05) is 17.1 Å². The molecule has 0 fully saturated rings. The fraction of sp³-hybridized carbons (Fsp3) is 0.417. The van der Waals surface area contributed by atoms with Crippen LogP contribution in [0.2, 0.25) is 5.02 Å². The molecule has 2 aromatic carbocycles. The molecule has 7 nitrogen and oxygen atoms in total. The second-order valence-electron chi connectivity index (χ2n) is 9.23. The first-order valence-corrected chi connectivity index (χ1v) is 12.9. The quantitative estimate of drug-likeness (QED) is 0.582. The van der Waals surface area contributed by atoms with E-state index < -0.39 is 39.9 Å². The van der Waals surface area contributed by atoms with Crippen LogP contribution in [0.4, 0.5) is 10.1 Å². The van der Waals surface area contributed by atoms with Crippen LogP contribution < -0.4 is 9.62 Å². The molecule has 0 spiro atoms. The number of sulfonamides is 1. The van der Waals surface area contributed by atoms with E-state index >= 15 is 0 Å². The Balaban J connectivity index is 2.44. The van der Waals surface area contributed by atoms with Crippen LogP contribution in [0.1, 0.15) is 38.8 Å². The second-order valence-corrected chi connectivity index (χ2v) is 11.5. The minimum absolute atomic E-state index is 0.0462. The fourth-order valence-electron chi connectivity index (χ4n) is 3.28. The molecule has 2 aromatic rings. The summed E-state index contributed by atoms with van der Waals surface area (Å²) in [5.74, 6) is -1.67. The topological polar surface area (TPSA) is 86.8 Å². The van der Waals surface area contributed by atoms with Gasteiger partial charge >= 0.3 is 0 Å². The first kappa shape index (κ1) is 27.6. The molecule has 0 aliphatic heterocycles. The molecular weight excluding hydrogens is 481 g/mol. The van der Waals surface area contributed by atoms with Crippen LogP contribution >= 0.6 is 11.6 Å². The Morgan fingerprint density at radius 2 is 1.76 bits per heavy atom. The van der Waals surface area contributed by atoms with E-state index in [-0.39, 0.29) is 23.2 Å². The minimum atomic E-state index is -3.93. The summed E-state index contributed by atoms with van der Waals surface area (Å²) in [6.45, 7) is 8.49. The van der Waals surface area contributed by atoms with Gasteiger partial charge in [-0.05, 0) is 63.9 Å². The Hall–Kier alpha value is -2.65. The summed E-state index contributed by atoms with van der Waals surface area (Å²) in [4.78, 5) is 27.7. The Labute approximate surface area is 205 Å². The first-order chi connectivity index (χ1) is 15.6. The van der Waals surface area contributed by atoms with Gasteiger partial charge in [-0.3, -0.25) is 13.9 Å². The lowest BCUT2D eigenvalue weighted by atomic mass is 10.1. The van der Waals surface area contributed by atoms with E-state index in [9.17, 15) is 22.4 Å². The van der Waals surface area contributed by atoms with Gasteiger partial charge in [0.05, 0.1) is 17.0 Å². The van der Waals surface area contributed by atoms with Gasteiger partial charge in [0.2, 0.25) is 21.8 Å². The number of rotatable bonds is 8. The third-order valence-electron chi connectivity index (χ3n) is 5.14. The average Bonchev–Trinajstić information content (AvgIpc) is 2.70. The molecule has 1 N–H and O–H groups in total. The number of nitrogens with one attached hydrogen (secondary N) is 1. The largest absolute Gasteiger partial charge is 0.350 e.